The molecule has 2 aliphatic rings. The standard InChI is InChI=1S/C23H17F2N5O2/c24-15-1-2-19-14(7-15)11-27-6-5-18-20(3-4-22(31)28-18)30-12-29(19)21-8-13(10-26)17(25)9-16(21)23(30)32/h1-4,7-9,27H,5-6,11-12H2,(H,28,31). The molecular weight excluding hydrogens is 416 g/mol. The first-order chi connectivity index (χ1) is 15.5. The highest BCUT2D eigenvalue weighted by Gasteiger charge is 2.34. The Morgan fingerprint density at radius 3 is 2.59 bits per heavy atom. The number of pyridine rings is 1. The number of nitrogens with zero attached hydrogens (tertiary/aromatic N) is 3. The molecule has 2 aliphatic heterocycles. The van der Waals surface area contributed by atoms with Crippen LogP contribution in [0.2, 0.25) is 0 Å². The third-order valence-corrected chi connectivity index (χ3v) is 5.72. The van der Waals surface area contributed by atoms with Gasteiger partial charge in [-0.05, 0) is 42.0 Å². The number of benzene rings is 2. The van der Waals surface area contributed by atoms with Gasteiger partial charge in [-0.2, -0.15) is 5.26 Å². The molecule has 0 spiro atoms. The minimum Gasteiger partial charge on any atom is -0.324 e. The van der Waals surface area contributed by atoms with Crippen molar-refractivity contribution in [1.29, 1.82) is 5.26 Å². The summed E-state index contributed by atoms with van der Waals surface area (Å²) in [5, 5.41) is 12.6. The third-order valence-electron chi connectivity index (χ3n) is 5.72. The summed E-state index contributed by atoms with van der Waals surface area (Å²) >= 11 is 0. The molecule has 2 bridgehead atoms. The number of H-pyrrole nitrogens is 1. The third kappa shape index (κ3) is 3.21. The smallest absolute Gasteiger partial charge is 0.262 e. The van der Waals surface area contributed by atoms with Crippen molar-refractivity contribution in [2.45, 2.75) is 13.0 Å². The van der Waals surface area contributed by atoms with Crippen LogP contribution in [0.25, 0.3) is 0 Å². The minimum absolute atomic E-state index is 0.0417. The molecule has 9 heteroatoms. The quantitative estimate of drug-likeness (QED) is 0.569. The average Bonchev–Trinajstić information content (AvgIpc) is 2.80. The van der Waals surface area contributed by atoms with Gasteiger partial charge in [0.15, 0.2) is 0 Å². The van der Waals surface area contributed by atoms with Crippen molar-refractivity contribution in [1.82, 2.24) is 10.3 Å². The predicted octanol–water partition coefficient (Wildman–Crippen LogP) is 2.93. The Hall–Kier alpha value is -4.03. The number of amides is 1. The van der Waals surface area contributed by atoms with E-state index in [1.54, 1.807) is 17.0 Å². The van der Waals surface area contributed by atoms with E-state index in [1.165, 1.54) is 29.2 Å². The van der Waals surface area contributed by atoms with E-state index in [-0.39, 0.29) is 23.4 Å². The van der Waals surface area contributed by atoms with E-state index in [2.05, 4.69) is 10.3 Å². The molecule has 2 N–H and O–H groups in total. The van der Waals surface area contributed by atoms with Crippen molar-refractivity contribution >= 4 is 23.0 Å². The summed E-state index contributed by atoms with van der Waals surface area (Å²) in [6.45, 7) is 0.858. The van der Waals surface area contributed by atoms with Crippen molar-refractivity contribution in [3.8, 4) is 6.07 Å². The highest BCUT2D eigenvalue weighted by atomic mass is 19.1. The second kappa shape index (κ2) is 7.59. The van der Waals surface area contributed by atoms with E-state index in [1.807, 2.05) is 6.07 Å². The lowest BCUT2D eigenvalue weighted by Crippen LogP contribution is -2.46. The number of halogens is 2. The second-order valence-electron chi connectivity index (χ2n) is 7.65. The summed E-state index contributed by atoms with van der Waals surface area (Å²) in [5.41, 5.74) is 2.29. The van der Waals surface area contributed by atoms with Crippen molar-refractivity contribution in [3.63, 3.8) is 0 Å². The summed E-state index contributed by atoms with van der Waals surface area (Å²) < 4.78 is 28.6. The monoisotopic (exact) mass is 433 g/mol. The molecule has 160 valence electrons. The first-order valence-electron chi connectivity index (χ1n) is 10.0. The van der Waals surface area contributed by atoms with Crippen LogP contribution >= 0.6 is 0 Å². The van der Waals surface area contributed by atoms with E-state index in [4.69, 9.17) is 0 Å². The number of rotatable bonds is 0. The maximum absolute atomic E-state index is 14.5. The Labute approximate surface area is 181 Å². The van der Waals surface area contributed by atoms with E-state index in [0.717, 1.165) is 6.07 Å². The summed E-state index contributed by atoms with van der Waals surface area (Å²) in [7, 11) is 0. The molecule has 0 saturated carbocycles. The molecule has 3 heterocycles. The number of fused-ring (bicyclic) bond motifs is 8. The second-order valence-corrected chi connectivity index (χ2v) is 7.65. The predicted molar refractivity (Wildman–Crippen MR) is 114 cm³/mol. The van der Waals surface area contributed by atoms with Gasteiger partial charge >= 0.3 is 0 Å². The number of hydrogen-bond acceptors (Lipinski definition) is 5. The Balaban J connectivity index is 1.79. The molecule has 0 radical (unpaired) electrons. The zero-order valence-electron chi connectivity index (χ0n) is 16.8. The number of carbonyl (C=O) groups excluding carboxylic acids is 1. The number of nitrogens with one attached hydrogen (secondary N) is 2. The highest BCUT2D eigenvalue weighted by Crippen LogP contribution is 2.39. The van der Waals surface area contributed by atoms with Crippen molar-refractivity contribution in [2.24, 2.45) is 0 Å². The largest absolute Gasteiger partial charge is 0.324 e. The van der Waals surface area contributed by atoms with Crippen LogP contribution < -0.4 is 20.7 Å². The first-order valence-corrected chi connectivity index (χ1v) is 10.0. The van der Waals surface area contributed by atoms with Crippen LogP contribution in [-0.4, -0.2) is 24.1 Å². The van der Waals surface area contributed by atoms with Crippen molar-refractivity contribution in [3.05, 3.63) is 86.8 Å². The van der Waals surface area contributed by atoms with Gasteiger partial charge in [0, 0.05) is 37.0 Å². The van der Waals surface area contributed by atoms with Crippen molar-refractivity contribution in [2.75, 3.05) is 23.0 Å². The van der Waals surface area contributed by atoms with Gasteiger partial charge in [-0.25, -0.2) is 8.78 Å². The number of nitriles is 1. The number of hydrogen-bond donors (Lipinski definition) is 2. The van der Waals surface area contributed by atoms with Gasteiger partial charge in [-0.15, -0.1) is 0 Å². The van der Waals surface area contributed by atoms with E-state index in [9.17, 15) is 23.6 Å². The van der Waals surface area contributed by atoms with Crippen LogP contribution in [0.3, 0.4) is 0 Å². The van der Waals surface area contributed by atoms with Crippen LogP contribution in [-0.2, 0) is 13.0 Å². The Morgan fingerprint density at radius 2 is 1.78 bits per heavy atom. The molecule has 0 unspecified atom stereocenters. The van der Waals surface area contributed by atoms with Crippen LogP contribution in [0.1, 0.15) is 27.2 Å². The number of carbonyl (C=O) groups is 1. The minimum atomic E-state index is -0.798. The molecule has 0 fully saturated rings. The normalized spacial score (nSPS) is 15.2. The Morgan fingerprint density at radius 1 is 0.969 bits per heavy atom. The SMILES string of the molecule is N#Cc1cc2c(cc1F)C(=O)N1CN2c2ccc(F)cc2CNCCc2[nH]c(=O)ccc21. The molecule has 0 saturated heterocycles. The van der Waals surface area contributed by atoms with E-state index >= 15 is 0 Å². The summed E-state index contributed by atoms with van der Waals surface area (Å²) in [4.78, 5) is 31.4. The van der Waals surface area contributed by atoms with Crippen LogP contribution in [0.4, 0.5) is 25.8 Å². The Bertz CT molecular complexity index is 1360. The molecule has 1 aromatic heterocycles. The fourth-order valence-corrected chi connectivity index (χ4v) is 4.21. The van der Waals surface area contributed by atoms with Gasteiger partial charge in [-0.3, -0.25) is 14.5 Å². The number of aromatic nitrogens is 1. The van der Waals surface area contributed by atoms with Gasteiger partial charge in [0.1, 0.15) is 24.4 Å². The molecule has 2 aromatic carbocycles. The van der Waals surface area contributed by atoms with Crippen LogP contribution in [0.5, 0.6) is 0 Å². The highest BCUT2D eigenvalue weighted by molar-refractivity contribution is 6.13. The fourth-order valence-electron chi connectivity index (χ4n) is 4.21. The summed E-state index contributed by atoms with van der Waals surface area (Å²) in [6.07, 6.45) is 0.425. The first kappa shape index (κ1) is 19.9. The Kier molecular flexibility index (Phi) is 4.72. The molecule has 0 aliphatic carbocycles. The van der Waals surface area contributed by atoms with Gasteiger partial charge in [0.25, 0.3) is 5.91 Å². The zero-order valence-corrected chi connectivity index (χ0v) is 16.8. The molecule has 7 nitrogen and oxygen atoms in total. The molecule has 1 amide bonds. The lowest BCUT2D eigenvalue weighted by Gasteiger charge is -2.39. The molecule has 3 aromatic rings. The maximum atomic E-state index is 14.5. The van der Waals surface area contributed by atoms with Gasteiger partial charge in [0.2, 0.25) is 5.56 Å². The van der Waals surface area contributed by atoms with Gasteiger partial charge in [-0.1, -0.05) is 0 Å². The van der Waals surface area contributed by atoms with E-state index in [0.29, 0.717) is 47.8 Å². The molecule has 0 atom stereocenters. The summed E-state index contributed by atoms with van der Waals surface area (Å²) in [5.74, 6) is -1.66. The summed E-state index contributed by atoms with van der Waals surface area (Å²) in [6, 6.07) is 11.4. The topological polar surface area (TPSA) is 92.2 Å². The maximum Gasteiger partial charge on any atom is 0.262 e. The zero-order chi connectivity index (χ0) is 22.4. The number of anilines is 3. The van der Waals surface area contributed by atoms with Crippen LogP contribution in [0.15, 0.2) is 47.3 Å². The fraction of sp³-hybridized carbons (Fsp3) is 0.174. The van der Waals surface area contributed by atoms with Crippen molar-refractivity contribution < 1.29 is 13.6 Å². The van der Waals surface area contributed by atoms with Crippen LogP contribution in [0, 0.1) is 23.0 Å². The average molecular weight is 433 g/mol. The molecular formula is C23H17F2N5O2. The van der Waals surface area contributed by atoms with E-state index < -0.39 is 17.5 Å². The van der Waals surface area contributed by atoms with Gasteiger partial charge < -0.3 is 15.2 Å². The lowest BCUT2D eigenvalue weighted by atomic mass is 10.0. The molecule has 5 rings (SSSR count). The van der Waals surface area contributed by atoms with Gasteiger partial charge in [0.05, 0.1) is 22.5 Å². The lowest BCUT2D eigenvalue weighted by molar-refractivity contribution is 0.0982. The molecule has 32 heavy (non-hydrogen) atoms. The number of aromatic amines is 1.